The van der Waals surface area contributed by atoms with Gasteiger partial charge in [-0.25, -0.2) is 0 Å². The Labute approximate surface area is 181 Å². The lowest BCUT2D eigenvalue weighted by atomic mass is 9.89. The first-order valence-electron chi connectivity index (χ1n) is 9.26. The Morgan fingerprint density at radius 1 is 0.793 bits per heavy atom. The zero-order chi connectivity index (χ0) is 20.2. The molecule has 0 heterocycles. The number of ether oxygens (including phenoxy) is 2. The fourth-order valence-electron chi connectivity index (χ4n) is 3.29. The fraction of sp³-hybridized carbons (Fsp3) is 0.0800. The smallest absolute Gasteiger partial charge is 0.127 e. The summed E-state index contributed by atoms with van der Waals surface area (Å²) >= 11 is 12.8. The highest BCUT2D eigenvalue weighted by atomic mass is 35.5. The van der Waals surface area contributed by atoms with Crippen molar-refractivity contribution >= 4 is 28.8 Å². The second-order valence-electron chi connectivity index (χ2n) is 6.57. The number of hydrogen-bond donors (Lipinski definition) is 0. The van der Waals surface area contributed by atoms with Gasteiger partial charge in [0, 0.05) is 5.56 Å². The molecule has 0 aliphatic heterocycles. The van der Waals surface area contributed by atoms with Gasteiger partial charge in [-0.15, -0.1) is 0 Å². The molecule has 29 heavy (non-hydrogen) atoms. The van der Waals surface area contributed by atoms with E-state index >= 15 is 0 Å². The molecule has 145 valence electrons. The van der Waals surface area contributed by atoms with Crippen LogP contribution < -0.4 is 9.47 Å². The van der Waals surface area contributed by atoms with E-state index in [1.807, 2.05) is 66.7 Å². The second kappa shape index (κ2) is 8.77. The molecular formula is C25H19Cl2O2. The van der Waals surface area contributed by atoms with Crippen molar-refractivity contribution in [1.82, 2.24) is 0 Å². The number of allylic oxidation sites excluding steroid dienone is 3. The SMILES string of the molecule is COc1ccc(C2=CC(Oc3ccccc3)=CC[CH]2)c(-c2cccc(Cl)c2Cl)c1. The summed E-state index contributed by atoms with van der Waals surface area (Å²) in [7, 11) is 1.65. The molecule has 1 aliphatic carbocycles. The van der Waals surface area contributed by atoms with Gasteiger partial charge < -0.3 is 9.47 Å². The van der Waals surface area contributed by atoms with Crippen molar-refractivity contribution in [2.45, 2.75) is 6.42 Å². The van der Waals surface area contributed by atoms with Crippen LogP contribution in [0.2, 0.25) is 10.0 Å². The normalized spacial score (nSPS) is 13.5. The van der Waals surface area contributed by atoms with Gasteiger partial charge in [0.1, 0.15) is 17.3 Å². The number of methoxy groups -OCH3 is 1. The van der Waals surface area contributed by atoms with Crippen LogP contribution in [0.15, 0.2) is 84.6 Å². The van der Waals surface area contributed by atoms with Gasteiger partial charge in [-0.1, -0.05) is 59.6 Å². The molecule has 3 aromatic rings. The van der Waals surface area contributed by atoms with Crippen LogP contribution >= 0.6 is 23.2 Å². The van der Waals surface area contributed by atoms with E-state index in [1.54, 1.807) is 13.2 Å². The van der Waals surface area contributed by atoms with Crippen LogP contribution in [-0.4, -0.2) is 7.11 Å². The van der Waals surface area contributed by atoms with Gasteiger partial charge in [0.15, 0.2) is 0 Å². The molecule has 0 aromatic heterocycles. The van der Waals surface area contributed by atoms with E-state index in [1.165, 1.54) is 0 Å². The van der Waals surface area contributed by atoms with Gasteiger partial charge in [-0.2, -0.15) is 0 Å². The summed E-state index contributed by atoms with van der Waals surface area (Å²) in [5, 5.41) is 1.05. The van der Waals surface area contributed by atoms with Crippen molar-refractivity contribution in [3.05, 3.63) is 107 Å². The third-order valence-electron chi connectivity index (χ3n) is 4.71. The lowest BCUT2D eigenvalue weighted by Gasteiger charge is -2.19. The summed E-state index contributed by atoms with van der Waals surface area (Å²) in [6, 6.07) is 21.4. The molecule has 2 nitrogen and oxygen atoms in total. The average Bonchev–Trinajstić information content (AvgIpc) is 2.76. The summed E-state index contributed by atoms with van der Waals surface area (Å²) in [4.78, 5) is 0. The van der Waals surface area contributed by atoms with Crippen LogP contribution in [0.5, 0.6) is 11.5 Å². The van der Waals surface area contributed by atoms with E-state index < -0.39 is 0 Å². The third-order valence-corrected chi connectivity index (χ3v) is 5.53. The van der Waals surface area contributed by atoms with Crippen molar-refractivity contribution in [3.63, 3.8) is 0 Å². The zero-order valence-corrected chi connectivity index (χ0v) is 17.4. The van der Waals surface area contributed by atoms with Crippen molar-refractivity contribution in [1.29, 1.82) is 0 Å². The Morgan fingerprint density at radius 2 is 1.62 bits per heavy atom. The summed E-state index contributed by atoms with van der Waals surface area (Å²) in [5.74, 6) is 2.38. The van der Waals surface area contributed by atoms with Gasteiger partial charge in [0.25, 0.3) is 0 Å². The molecule has 0 saturated carbocycles. The minimum atomic E-state index is 0.521. The highest BCUT2D eigenvalue weighted by Crippen LogP contribution is 2.40. The Hall–Kier alpha value is -2.68. The summed E-state index contributed by atoms with van der Waals surface area (Å²) in [5.41, 5.74) is 3.92. The molecule has 3 aromatic carbocycles. The topological polar surface area (TPSA) is 18.5 Å². The molecule has 0 unspecified atom stereocenters. The quantitative estimate of drug-likeness (QED) is 0.421. The Morgan fingerprint density at radius 3 is 2.41 bits per heavy atom. The van der Waals surface area contributed by atoms with E-state index in [0.29, 0.717) is 10.0 Å². The van der Waals surface area contributed by atoms with E-state index in [4.69, 9.17) is 32.7 Å². The van der Waals surface area contributed by atoms with E-state index in [9.17, 15) is 0 Å². The van der Waals surface area contributed by atoms with Gasteiger partial charge in [-0.3, -0.25) is 0 Å². The number of halogens is 2. The van der Waals surface area contributed by atoms with Crippen LogP contribution in [0.1, 0.15) is 12.0 Å². The first-order chi connectivity index (χ1) is 14.2. The molecule has 0 fully saturated rings. The highest BCUT2D eigenvalue weighted by Gasteiger charge is 2.17. The summed E-state index contributed by atoms with van der Waals surface area (Å²) < 4.78 is 11.5. The maximum Gasteiger partial charge on any atom is 0.127 e. The summed E-state index contributed by atoms with van der Waals surface area (Å²) in [6.45, 7) is 0. The maximum atomic E-state index is 6.53. The lowest BCUT2D eigenvalue weighted by molar-refractivity contribution is 0.415. The molecule has 0 N–H and O–H groups in total. The molecule has 0 atom stereocenters. The van der Waals surface area contributed by atoms with Crippen molar-refractivity contribution in [2.75, 3.05) is 7.11 Å². The standard InChI is InChI=1S/C25H19Cl2O2/c1-28-19-13-14-21(23(16-19)22-11-6-12-24(26)25(22)27)17-7-5-10-20(15-17)29-18-8-3-2-4-9-18/h2-4,6-16H,5H2,1H3. The van der Waals surface area contributed by atoms with Crippen LogP contribution in [0.4, 0.5) is 0 Å². The van der Waals surface area contributed by atoms with E-state index in [-0.39, 0.29) is 0 Å². The molecule has 0 spiro atoms. The minimum Gasteiger partial charge on any atom is -0.497 e. The second-order valence-corrected chi connectivity index (χ2v) is 7.36. The van der Waals surface area contributed by atoms with Crippen LogP contribution in [0.25, 0.3) is 16.7 Å². The number of para-hydroxylation sites is 1. The maximum absolute atomic E-state index is 6.53. The van der Waals surface area contributed by atoms with Crippen molar-refractivity contribution < 1.29 is 9.47 Å². The molecular weight excluding hydrogens is 403 g/mol. The Kier molecular flexibility index (Phi) is 5.94. The van der Waals surface area contributed by atoms with Crippen molar-refractivity contribution in [2.24, 2.45) is 0 Å². The monoisotopic (exact) mass is 421 g/mol. The molecule has 1 aliphatic rings. The van der Waals surface area contributed by atoms with Crippen molar-refractivity contribution in [3.8, 4) is 22.6 Å². The Balaban J connectivity index is 1.76. The highest BCUT2D eigenvalue weighted by molar-refractivity contribution is 6.43. The molecule has 4 heteroatoms. The van der Waals surface area contributed by atoms with Crippen LogP contribution in [0.3, 0.4) is 0 Å². The molecule has 0 bridgehead atoms. The molecule has 1 radical (unpaired) electrons. The Bertz CT molecular complexity index is 1090. The van der Waals surface area contributed by atoms with E-state index in [0.717, 1.165) is 45.9 Å². The van der Waals surface area contributed by atoms with Gasteiger partial charge in [0.05, 0.1) is 17.2 Å². The predicted octanol–water partition coefficient (Wildman–Crippen LogP) is 7.62. The number of benzene rings is 3. The molecule has 0 saturated heterocycles. The van der Waals surface area contributed by atoms with Gasteiger partial charge >= 0.3 is 0 Å². The van der Waals surface area contributed by atoms with E-state index in [2.05, 4.69) is 12.5 Å². The largest absolute Gasteiger partial charge is 0.497 e. The first-order valence-corrected chi connectivity index (χ1v) is 10.0. The fourth-order valence-corrected chi connectivity index (χ4v) is 3.70. The minimum absolute atomic E-state index is 0.521. The average molecular weight is 422 g/mol. The third kappa shape index (κ3) is 4.34. The first kappa shape index (κ1) is 19.6. The zero-order valence-electron chi connectivity index (χ0n) is 15.9. The molecule has 4 rings (SSSR count). The predicted molar refractivity (Wildman–Crippen MR) is 120 cm³/mol. The molecule has 0 amide bonds. The van der Waals surface area contributed by atoms with Crippen LogP contribution in [-0.2, 0) is 0 Å². The van der Waals surface area contributed by atoms with Gasteiger partial charge in [-0.05, 0) is 72.0 Å². The van der Waals surface area contributed by atoms with Crippen LogP contribution in [0, 0.1) is 6.42 Å². The lowest BCUT2D eigenvalue weighted by Crippen LogP contribution is -2.01. The number of hydrogen-bond acceptors (Lipinski definition) is 2. The number of rotatable bonds is 5. The van der Waals surface area contributed by atoms with Gasteiger partial charge in [0.2, 0.25) is 0 Å². The summed E-state index contributed by atoms with van der Waals surface area (Å²) in [6.07, 6.45) is 7.05.